The number of carbonyl (C=O) groups is 1. The van der Waals surface area contributed by atoms with Crippen LogP contribution in [0.1, 0.15) is 40.5 Å². The van der Waals surface area contributed by atoms with Crippen LogP contribution in [-0.2, 0) is 4.79 Å². The Hall–Kier alpha value is -0.570. The number of hydrogen-bond acceptors (Lipinski definition) is 2. The molecule has 3 heteroatoms. The molecule has 0 bridgehead atoms. The van der Waals surface area contributed by atoms with Crippen molar-refractivity contribution in [1.29, 1.82) is 0 Å². The molecule has 0 saturated carbocycles. The zero-order chi connectivity index (χ0) is 10.9. The van der Waals surface area contributed by atoms with Crippen molar-refractivity contribution in [2.75, 3.05) is 6.54 Å². The summed E-state index contributed by atoms with van der Waals surface area (Å²) < 4.78 is 0. The van der Waals surface area contributed by atoms with Crippen molar-refractivity contribution < 1.29 is 4.79 Å². The van der Waals surface area contributed by atoms with Crippen LogP contribution in [0.2, 0.25) is 0 Å². The normalized spacial score (nSPS) is 25.2. The van der Waals surface area contributed by atoms with Gasteiger partial charge in [0.05, 0.1) is 6.04 Å². The van der Waals surface area contributed by atoms with Crippen molar-refractivity contribution >= 4 is 5.91 Å². The van der Waals surface area contributed by atoms with E-state index < -0.39 is 0 Å². The summed E-state index contributed by atoms with van der Waals surface area (Å²) in [6.07, 6.45) is 2.23. The lowest BCUT2D eigenvalue weighted by molar-refractivity contribution is -0.135. The average molecular weight is 198 g/mol. The fraction of sp³-hybridized carbons (Fsp3) is 0.909. The summed E-state index contributed by atoms with van der Waals surface area (Å²) in [5.74, 6) is 0.113. The van der Waals surface area contributed by atoms with Crippen molar-refractivity contribution in [2.45, 2.75) is 52.6 Å². The fourth-order valence-corrected chi connectivity index (χ4v) is 1.81. The number of rotatable bonds is 1. The number of nitrogens with zero attached hydrogens (tertiary/aromatic N) is 1. The van der Waals surface area contributed by atoms with E-state index >= 15 is 0 Å². The maximum absolute atomic E-state index is 12.0. The third kappa shape index (κ3) is 2.27. The molecular weight excluding hydrogens is 176 g/mol. The molecule has 3 nitrogen and oxygen atoms in total. The van der Waals surface area contributed by atoms with Crippen LogP contribution in [0.15, 0.2) is 0 Å². The highest BCUT2D eigenvalue weighted by Crippen LogP contribution is 2.23. The third-order valence-electron chi connectivity index (χ3n) is 3.04. The SMILES string of the molecule is CC1CCCN1C(=O)C(N)C(C)(C)C. The van der Waals surface area contributed by atoms with Gasteiger partial charge in [0.25, 0.3) is 0 Å². The molecule has 1 amide bonds. The maximum Gasteiger partial charge on any atom is 0.240 e. The van der Waals surface area contributed by atoms with Gasteiger partial charge in [-0.05, 0) is 25.2 Å². The van der Waals surface area contributed by atoms with E-state index in [4.69, 9.17) is 5.73 Å². The smallest absolute Gasteiger partial charge is 0.240 e. The molecule has 0 radical (unpaired) electrons. The molecule has 0 spiro atoms. The molecule has 1 aliphatic heterocycles. The number of carbonyl (C=O) groups excluding carboxylic acids is 1. The first-order valence-electron chi connectivity index (χ1n) is 5.40. The fourth-order valence-electron chi connectivity index (χ4n) is 1.81. The van der Waals surface area contributed by atoms with Crippen LogP contribution in [-0.4, -0.2) is 29.4 Å². The summed E-state index contributed by atoms with van der Waals surface area (Å²) in [5.41, 5.74) is 5.81. The second-order valence-electron chi connectivity index (χ2n) is 5.37. The van der Waals surface area contributed by atoms with Gasteiger partial charge in [-0.1, -0.05) is 20.8 Å². The van der Waals surface area contributed by atoms with E-state index in [2.05, 4.69) is 6.92 Å². The van der Waals surface area contributed by atoms with Gasteiger partial charge in [0.2, 0.25) is 5.91 Å². The van der Waals surface area contributed by atoms with Gasteiger partial charge < -0.3 is 10.6 Å². The summed E-state index contributed by atoms with van der Waals surface area (Å²) in [7, 11) is 0. The van der Waals surface area contributed by atoms with Gasteiger partial charge in [-0.25, -0.2) is 0 Å². The second-order valence-corrected chi connectivity index (χ2v) is 5.37. The predicted molar refractivity (Wildman–Crippen MR) is 57.8 cm³/mol. The van der Waals surface area contributed by atoms with Crippen LogP contribution in [0, 0.1) is 5.41 Å². The molecular formula is C11H22N2O. The Kier molecular flexibility index (Phi) is 3.20. The highest BCUT2D eigenvalue weighted by atomic mass is 16.2. The number of amides is 1. The lowest BCUT2D eigenvalue weighted by Gasteiger charge is -2.31. The quantitative estimate of drug-likeness (QED) is 0.691. The monoisotopic (exact) mass is 198 g/mol. The Morgan fingerprint density at radius 2 is 2.07 bits per heavy atom. The summed E-state index contributed by atoms with van der Waals surface area (Å²) in [6, 6.07) is -0.000972. The molecule has 0 aromatic rings. The Labute approximate surface area is 86.6 Å². The van der Waals surface area contributed by atoms with E-state index in [1.54, 1.807) is 0 Å². The van der Waals surface area contributed by atoms with Crippen LogP contribution in [0.25, 0.3) is 0 Å². The van der Waals surface area contributed by atoms with Crippen molar-refractivity contribution in [2.24, 2.45) is 11.1 Å². The molecule has 2 N–H and O–H groups in total. The van der Waals surface area contributed by atoms with Gasteiger partial charge in [-0.2, -0.15) is 0 Å². The Balaban J connectivity index is 2.65. The molecule has 14 heavy (non-hydrogen) atoms. The number of nitrogens with two attached hydrogens (primary N) is 1. The number of likely N-dealkylation sites (tertiary alicyclic amines) is 1. The highest BCUT2D eigenvalue weighted by molar-refractivity contribution is 5.83. The molecule has 1 aliphatic rings. The second kappa shape index (κ2) is 3.89. The molecule has 0 aliphatic carbocycles. The van der Waals surface area contributed by atoms with Gasteiger partial charge in [-0.3, -0.25) is 4.79 Å². The van der Waals surface area contributed by atoms with Gasteiger partial charge in [0.1, 0.15) is 0 Å². The molecule has 2 unspecified atom stereocenters. The lowest BCUT2D eigenvalue weighted by atomic mass is 9.86. The molecule has 1 fully saturated rings. The van der Waals surface area contributed by atoms with Crippen LogP contribution in [0.3, 0.4) is 0 Å². The van der Waals surface area contributed by atoms with Crippen LogP contribution >= 0.6 is 0 Å². The van der Waals surface area contributed by atoms with E-state index in [1.807, 2.05) is 25.7 Å². The van der Waals surface area contributed by atoms with Crippen molar-refractivity contribution in [3.8, 4) is 0 Å². The Morgan fingerprint density at radius 3 is 2.43 bits per heavy atom. The summed E-state index contributed by atoms with van der Waals surface area (Å²) in [4.78, 5) is 13.9. The first-order valence-corrected chi connectivity index (χ1v) is 5.40. The molecule has 1 saturated heterocycles. The van der Waals surface area contributed by atoms with E-state index in [0.29, 0.717) is 6.04 Å². The van der Waals surface area contributed by atoms with Gasteiger partial charge in [-0.15, -0.1) is 0 Å². The molecule has 82 valence electrons. The summed E-state index contributed by atoms with van der Waals surface area (Å²) in [5, 5.41) is 0. The number of hydrogen-bond donors (Lipinski definition) is 1. The van der Waals surface area contributed by atoms with E-state index in [0.717, 1.165) is 19.4 Å². The standard InChI is InChI=1S/C11H22N2O/c1-8-6-5-7-13(8)10(14)9(12)11(2,3)4/h8-9H,5-7,12H2,1-4H3. The van der Waals surface area contributed by atoms with E-state index in [1.165, 1.54) is 0 Å². The van der Waals surface area contributed by atoms with E-state index in [9.17, 15) is 4.79 Å². The zero-order valence-corrected chi connectivity index (χ0v) is 9.71. The topological polar surface area (TPSA) is 46.3 Å². The van der Waals surface area contributed by atoms with Gasteiger partial charge in [0.15, 0.2) is 0 Å². The predicted octanol–water partition coefficient (Wildman–Crippen LogP) is 1.37. The minimum atomic E-state index is -0.372. The largest absolute Gasteiger partial charge is 0.339 e. The average Bonchev–Trinajstić information content (AvgIpc) is 2.47. The van der Waals surface area contributed by atoms with Crippen LogP contribution < -0.4 is 5.73 Å². The highest BCUT2D eigenvalue weighted by Gasteiger charge is 2.34. The molecule has 1 heterocycles. The molecule has 1 rings (SSSR count). The first kappa shape index (κ1) is 11.5. The minimum absolute atomic E-state index is 0.113. The van der Waals surface area contributed by atoms with Crippen molar-refractivity contribution in [1.82, 2.24) is 4.90 Å². The van der Waals surface area contributed by atoms with Crippen molar-refractivity contribution in [3.63, 3.8) is 0 Å². The van der Waals surface area contributed by atoms with Crippen molar-refractivity contribution in [3.05, 3.63) is 0 Å². The third-order valence-corrected chi connectivity index (χ3v) is 3.04. The van der Waals surface area contributed by atoms with E-state index in [-0.39, 0.29) is 17.4 Å². The maximum atomic E-state index is 12.0. The van der Waals surface area contributed by atoms with Crippen LogP contribution in [0.5, 0.6) is 0 Å². The molecule has 2 atom stereocenters. The summed E-state index contributed by atoms with van der Waals surface area (Å²) >= 11 is 0. The Bertz CT molecular complexity index is 216. The minimum Gasteiger partial charge on any atom is -0.339 e. The van der Waals surface area contributed by atoms with Gasteiger partial charge >= 0.3 is 0 Å². The summed E-state index contributed by atoms with van der Waals surface area (Å²) in [6.45, 7) is 9.01. The van der Waals surface area contributed by atoms with Crippen LogP contribution in [0.4, 0.5) is 0 Å². The molecule has 0 aromatic carbocycles. The van der Waals surface area contributed by atoms with Gasteiger partial charge in [0, 0.05) is 12.6 Å². The first-order chi connectivity index (χ1) is 6.34. The lowest BCUT2D eigenvalue weighted by Crippen LogP contribution is -2.51. The Morgan fingerprint density at radius 1 is 1.50 bits per heavy atom. The zero-order valence-electron chi connectivity index (χ0n) is 9.71. The molecule has 0 aromatic heterocycles.